The quantitative estimate of drug-likeness (QED) is 0.178. The molecule has 0 amide bonds. The maximum atomic E-state index is 6.72. The molecule has 13 rings (SSSR count). The molecular weight excluding hydrogens is 735 g/mol. The maximum Gasteiger partial charge on any atom is 0.138 e. The van der Waals surface area contributed by atoms with Gasteiger partial charge in [-0.1, -0.05) is 165 Å². The highest BCUT2D eigenvalue weighted by Gasteiger charge is 2.50. The van der Waals surface area contributed by atoms with Crippen LogP contribution in [-0.4, -0.2) is 0 Å². The van der Waals surface area contributed by atoms with Crippen molar-refractivity contribution in [3.05, 3.63) is 221 Å². The number of nitrogens with zero attached hydrogens (tertiary/aromatic N) is 1. The zero-order valence-electron chi connectivity index (χ0n) is 32.7. The zero-order chi connectivity index (χ0) is 39.0. The van der Waals surface area contributed by atoms with Crippen molar-refractivity contribution in [3.8, 4) is 22.3 Å². The zero-order valence-corrected chi connectivity index (χ0v) is 33.5. The minimum atomic E-state index is -0.497. The van der Waals surface area contributed by atoms with Crippen LogP contribution in [0.3, 0.4) is 0 Å². The third-order valence-corrected chi connectivity index (χ3v) is 14.7. The molecule has 0 saturated heterocycles. The molecule has 1 aromatic heterocycles. The van der Waals surface area contributed by atoms with E-state index in [9.17, 15) is 0 Å². The van der Waals surface area contributed by atoms with Crippen LogP contribution in [0.25, 0.3) is 55.0 Å². The Morgan fingerprint density at radius 2 is 0.983 bits per heavy atom. The van der Waals surface area contributed by atoms with Gasteiger partial charge < -0.3 is 9.32 Å². The lowest BCUT2D eigenvalue weighted by Crippen LogP contribution is -2.32. The summed E-state index contributed by atoms with van der Waals surface area (Å²) in [6.45, 7) is 4.72. The van der Waals surface area contributed by atoms with E-state index in [0.717, 1.165) is 44.4 Å². The van der Waals surface area contributed by atoms with Gasteiger partial charge in [-0.3, -0.25) is 0 Å². The number of benzene rings is 9. The normalized spacial score (nSPS) is 14.8. The lowest BCUT2D eigenvalue weighted by Gasteiger charge is -2.40. The van der Waals surface area contributed by atoms with E-state index in [2.05, 4.69) is 207 Å². The Labute approximate surface area is 347 Å². The molecule has 1 aliphatic heterocycles. The third-order valence-electron chi connectivity index (χ3n) is 13.5. The van der Waals surface area contributed by atoms with Crippen LogP contribution in [0.15, 0.2) is 202 Å². The number of rotatable bonds is 3. The number of hydrogen-bond donors (Lipinski definition) is 0. The monoisotopic (exact) mass is 771 g/mol. The summed E-state index contributed by atoms with van der Waals surface area (Å²) in [7, 11) is 0. The summed E-state index contributed by atoms with van der Waals surface area (Å²) in [5, 5.41) is 4.54. The van der Waals surface area contributed by atoms with E-state index >= 15 is 0 Å². The molecule has 0 unspecified atom stereocenters. The van der Waals surface area contributed by atoms with Crippen LogP contribution in [0.4, 0.5) is 17.1 Å². The largest absolute Gasteiger partial charge is 0.456 e. The first-order valence-electron chi connectivity index (χ1n) is 20.5. The van der Waals surface area contributed by atoms with Crippen molar-refractivity contribution in [2.75, 3.05) is 4.90 Å². The first-order chi connectivity index (χ1) is 29.0. The van der Waals surface area contributed by atoms with Crippen molar-refractivity contribution in [1.82, 2.24) is 0 Å². The topological polar surface area (TPSA) is 16.4 Å². The molecule has 0 radical (unpaired) electrons. The van der Waals surface area contributed by atoms with Gasteiger partial charge in [0.05, 0.1) is 16.5 Å². The molecule has 0 bridgehead atoms. The van der Waals surface area contributed by atoms with Crippen LogP contribution < -0.4 is 4.90 Å². The van der Waals surface area contributed by atoms with Gasteiger partial charge in [0.1, 0.15) is 11.2 Å². The molecule has 0 saturated carbocycles. The SMILES string of the molecule is CC1(C)c2ccccc2-c2cc(N(c3ccc4c(c3)C3(c5ccccc5S4)c4ccccc4-c4ccccc43)c3c4ccccc4cc4oc5ccccc5c34)ccc21. The molecule has 2 aliphatic carbocycles. The standard InChI is InChI=1S/C56H37NOS/c1-55(2)43-21-9-5-19-40(43)42-32-35(27-29-44(42)55)57(54-37-16-4-3-15-34(37)31-50-53(54)41-20-8-13-25-49(41)58-50)36-28-30-52-48(33-36)56(47-24-12-14-26-51(47)59-52)45-22-10-6-17-38(45)39-18-7-11-23-46(39)56/h3-33H,1-2H3. The Balaban J connectivity index is 1.16. The Morgan fingerprint density at radius 1 is 0.424 bits per heavy atom. The van der Waals surface area contributed by atoms with Gasteiger partial charge >= 0.3 is 0 Å². The fraction of sp³-hybridized carbons (Fsp3) is 0.0714. The van der Waals surface area contributed by atoms with Gasteiger partial charge in [-0.15, -0.1) is 0 Å². The summed E-state index contributed by atoms with van der Waals surface area (Å²) in [5.41, 5.74) is 17.8. The third kappa shape index (κ3) is 4.33. The highest BCUT2D eigenvalue weighted by Crippen LogP contribution is 2.63. The molecule has 9 aromatic carbocycles. The van der Waals surface area contributed by atoms with Crippen LogP contribution in [0.2, 0.25) is 0 Å². The van der Waals surface area contributed by atoms with E-state index in [1.165, 1.54) is 70.8 Å². The van der Waals surface area contributed by atoms with Crippen LogP contribution in [0.1, 0.15) is 47.2 Å². The molecular formula is C56H37NOS. The van der Waals surface area contributed by atoms with Gasteiger partial charge in [-0.2, -0.15) is 0 Å². The minimum absolute atomic E-state index is 0.102. The first-order valence-corrected chi connectivity index (χ1v) is 21.3. The van der Waals surface area contributed by atoms with E-state index in [4.69, 9.17) is 4.42 Å². The van der Waals surface area contributed by atoms with Crippen LogP contribution >= 0.6 is 11.8 Å². The van der Waals surface area contributed by atoms with Gasteiger partial charge in [-0.25, -0.2) is 0 Å². The maximum absolute atomic E-state index is 6.72. The lowest BCUT2D eigenvalue weighted by atomic mass is 9.67. The number of para-hydroxylation sites is 1. The predicted octanol–water partition coefficient (Wildman–Crippen LogP) is 15.3. The van der Waals surface area contributed by atoms with Crippen LogP contribution in [0, 0.1) is 0 Å². The highest BCUT2D eigenvalue weighted by molar-refractivity contribution is 7.99. The Kier molecular flexibility index (Phi) is 6.68. The van der Waals surface area contributed by atoms with Gasteiger partial charge in [0.25, 0.3) is 0 Å². The number of fused-ring (bicyclic) bond motifs is 16. The predicted molar refractivity (Wildman–Crippen MR) is 245 cm³/mol. The van der Waals surface area contributed by atoms with Gasteiger partial charge in [0.15, 0.2) is 0 Å². The Morgan fingerprint density at radius 3 is 1.76 bits per heavy atom. The summed E-state index contributed by atoms with van der Waals surface area (Å²) in [6, 6.07) is 70.1. The smallest absolute Gasteiger partial charge is 0.138 e. The fourth-order valence-corrected chi connectivity index (χ4v) is 12.2. The fourth-order valence-electron chi connectivity index (χ4n) is 11.0. The van der Waals surface area contributed by atoms with E-state index < -0.39 is 5.41 Å². The van der Waals surface area contributed by atoms with E-state index in [1.54, 1.807) is 0 Å². The van der Waals surface area contributed by atoms with E-state index in [0.29, 0.717) is 0 Å². The molecule has 59 heavy (non-hydrogen) atoms. The molecule has 0 fully saturated rings. The van der Waals surface area contributed by atoms with Gasteiger partial charge in [-0.05, 0) is 110 Å². The minimum Gasteiger partial charge on any atom is -0.456 e. The number of hydrogen-bond acceptors (Lipinski definition) is 3. The highest BCUT2D eigenvalue weighted by atomic mass is 32.2. The van der Waals surface area contributed by atoms with Crippen molar-refractivity contribution in [3.63, 3.8) is 0 Å². The van der Waals surface area contributed by atoms with Crippen LogP contribution in [0.5, 0.6) is 0 Å². The summed E-state index contributed by atoms with van der Waals surface area (Å²) in [5.74, 6) is 0. The first kappa shape index (κ1) is 33.2. The average molecular weight is 772 g/mol. The number of anilines is 3. The summed E-state index contributed by atoms with van der Waals surface area (Å²) < 4.78 is 6.72. The average Bonchev–Trinajstić information content (AvgIpc) is 3.87. The molecule has 10 aromatic rings. The van der Waals surface area contributed by atoms with Gasteiger partial charge in [0.2, 0.25) is 0 Å². The van der Waals surface area contributed by atoms with Crippen molar-refractivity contribution in [1.29, 1.82) is 0 Å². The molecule has 0 N–H and O–H groups in total. The molecule has 2 heterocycles. The molecule has 3 heteroatoms. The second-order valence-electron chi connectivity index (χ2n) is 16.8. The Hall–Kier alpha value is -6.81. The van der Waals surface area contributed by atoms with Crippen LogP contribution in [-0.2, 0) is 10.8 Å². The lowest BCUT2D eigenvalue weighted by molar-refractivity contribution is 0.660. The molecule has 3 aliphatic rings. The molecule has 278 valence electrons. The summed E-state index contributed by atoms with van der Waals surface area (Å²) in [6.07, 6.45) is 0. The van der Waals surface area contributed by atoms with Crippen molar-refractivity contribution < 1.29 is 4.42 Å². The molecule has 2 nitrogen and oxygen atoms in total. The molecule has 1 spiro atoms. The van der Waals surface area contributed by atoms with Gasteiger partial charge in [0, 0.05) is 37.4 Å². The summed E-state index contributed by atoms with van der Waals surface area (Å²) >= 11 is 1.89. The Bertz CT molecular complexity index is 3380. The van der Waals surface area contributed by atoms with Crippen molar-refractivity contribution in [2.24, 2.45) is 0 Å². The molecule has 0 atom stereocenters. The second-order valence-corrected chi connectivity index (χ2v) is 17.9. The number of furan rings is 1. The van der Waals surface area contributed by atoms with Crippen molar-refractivity contribution in [2.45, 2.75) is 34.5 Å². The van der Waals surface area contributed by atoms with E-state index in [-0.39, 0.29) is 5.41 Å². The second kappa shape index (κ2) is 11.9. The van der Waals surface area contributed by atoms with E-state index in [1.807, 2.05) is 11.8 Å². The summed E-state index contributed by atoms with van der Waals surface area (Å²) in [4.78, 5) is 5.12. The van der Waals surface area contributed by atoms with Crippen molar-refractivity contribution >= 4 is 61.5 Å².